The molecule has 1 aliphatic rings. The number of hydrogen-bond donors (Lipinski definition) is 2. The summed E-state index contributed by atoms with van der Waals surface area (Å²) in [5, 5.41) is 18.4. The normalized spacial score (nSPS) is 17.4. The van der Waals surface area contributed by atoms with E-state index < -0.39 is 0 Å². The Kier molecular flexibility index (Phi) is 2.40. The zero-order valence-corrected chi connectivity index (χ0v) is 8.60. The van der Waals surface area contributed by atoms with Gasteiger partial charge in [-0.05, 0) is 30.7 Å². The second-order valence-electron chi connectivity index (χ2n) is 3.48. The van der Waals surface area contributed by atoms with Crippen molar-refractivity contribution in [2.45, 2.75) is 6.92 Å². The maximum atomic E-state index is 11.4. The maximum Gasteiger partial charge on any atom is 0.224 e. The molecule has 2 N–H and O–H groups in total. The van der Waals surface area contributed by atoms with Crippen LogP contribution in [0.15, 0.2) is 35.8 Å². The van der Waals surface area contributed by atoms with Crippen LogP contribution in [-0.2, 0) is 9.53 Å². The topological polar surface area (TPSA) is 66.8 Å². The van der Waals surface area contributed by atoms with Gasteiger partial charge in [0.2, 0.25) is 5.78 Å². The summed E-state index contributed by atoms with van der Waals surface area (Å²) >= 11 is 0. The zero-order chi connectivity index (χ0) is 11.7. The predicted octanol–water partition coefficient (Wildman–Crippen LogP) is 1.94. The van der Waals surface area contributed by atoms with E-state index in [0.717, 1.165) is 0 Å². The number of phenolic OH excluding ortho intramolecular Hbond substituents is 2. The van der Waals surface area contributed by atoms with Crippen molar-refractivity contribution in [1.29, 1.82) is 0 Å². The number of ketones is 1. The van der Waals surface area contributed by atoms with Crippen molar-refractivity contribution >= 4 is 11.9 Å². The fourth-order valence-corrected chi connectivity index (χ4v) is 1.39. The SMILES string of the molecule is CC1=CC(=O)C(=Cc2ccc(O)c(O)c2)O1. The Morgan fingerprint density at radius 1 is 1.25 bits per heavy atom. The van der Waals surface area contributed by atoms with E-state index in [2.05, 4.69) is 0 Å². The molecule has 0 saturated carbocycles. The van der Waals surface area contributed by atoms with Crippen LogP contribution in [-0.4, -0.2) is 16.0 Å². The molecule has 2 rings (SSSR count). The Hall–Kier alpha value is -2.23. The third kappa shape index (κ3) is 1.91. The highest BCUT2D eigenvalue weighted by Crippen LogP contribution is 2.27. The second kappa shape index (κ2) is 3.73. The summed E-state index contributed by atoms with van der Waals surface area (Å²) in [6.07, 6.45) is 2.90. The third-order valence-electron chi connectivity index (χ3n) is 2.15. The fourth-order valence-electron chi connectivity index (χ4n) is 1.39. The first kappa shape index (κ1) is 10.3. The molecule has 16 heavy (non-hydrogen) atoms. The summed E-state index contributed by atoms with van der Waals surface area (Å²) in [5.74, 6) is 0.117. The number of allylic oxidation sites excluding steroid dienone is 2. The standard InChI is InChI=1S/C12H10O4/c1-7-4-11(15)12(16-7)6-8-2-3-9(13)10(14)5-8/h2-6,13-14H,1H3. The molecule has 0 bridgehead atoms. The van der Waals surface area contributed by atoms with E-state index in [1.54, 1.807) is 13.0 Å². The molecule has 82 valence electrons. The summed E-state index contributed by atoms with van der Waals surface area (Å²) in [4.78, 5) is 11.4. The van der Waals surface area contributed by atoms with Crippen molar-refractivity contribution < 1.29 is 19.7 Å². The lowest BCUT2D eigenvalue weighted by Gasteiger charge is -2.01. The quantitative estimate of drug-likeness (QED) is 0.558. The second-order valence-corrected chi connectivity index (χ2v) is 3.48. The Bertz CT molecular complexity index is 512. The fraction of sp³-hybridized carbons (Fsp3) is 0.0833. The summed E-state index contributed by atoms with van der Waals surface area (Å²) in [6.45, 7) is 1.69. The molecule has 0 spiro atoms. The first-order chi connectivity index (χ1) is 7.56. The van der Waals surface area contributed by atoms with Gasteiger partial charge in [-0.1, -0.05) is 6.07 Å². The summed E-state index contributed by atoms with van der Waals surface area (Å²) < 4.78 is 5.18. The molecule has 0 amide bonds. The van der Waals surface area contributed by atoms with Crippen LogP contribution in [0.1, 0.15) is 12.5 Å². The van der Waals surface area contributed by atoms with E-state index in [9.17, 15) is 9.90 Å². The van der Waals surface area contributed by atoms with Gasteiger partial charge >= 0.3 is 0 Å². The van der Waals surface area contributed by atoms with E-state index in [4.69, 9.17) is 9.84 Å². The van der Waals surface area contributed by atoms with Crippen LogP contribution in [0.4, 0.5) is 0 Å². The van der Waals surface area contributed by atoms with Crippen LogP contribution in [0.5, 0.6) is 11.5 Å². The van der Waals surface area contributed by atoms with Gasteiger partial charge in [-0.25, -0.2) is 0 Å². The molecule has 1 heterocycles. The van der Waals surface area contributed by atoms with Gasteiger partial charge in [0, 0.05) is 6.08 Å². The molecular weight excluding hydrogens is 208 g/mol. The van der Waals surface area contributed by atoms with Crippen LogP contribution in [0.3, 0.4) is 0 Å². The van der Waals surface area contributed by atoms with E-state index in [-0.39, 0.29) is 23.0 Å². The van der Waals surface area contributed by atoms with Gasteiger partial charge in [-0.15, -0.1) is 0 Å². The highest BCUT2D eigenvalue weighted by Gasteiger charge is 2.17. The molecule has 1 aromatic carbocycles. The average molecular weight is 218 g/mol. The van der Waals surface area contributed by atoms with Gasteiger partial charge in [-0.3, -0.25) is 4.79 Å². The van der Waals surface area contributed by atoms with Crippen LogP contribution in [0, 0.1) is 0 Å². The van der Waals surface area contributed by atoms with E-state index in [0.29, 0.717) is 11.3 Å². The monoisotopic (exact) mass is 218 g/mol. The number of carbonyl (C=O) groups excluding carboxylic acids is 1. The van der Waals surface area contributed by atoms with Gasteiger partial charge < -0.3 is 14.9 Å². The Balaban J connectivity index is 2.31. The van der Waals surface area contributed by atoms with E-state index in [1.807, 2.05) is 0 Å². The van der Waals surface area contributed by atoms with Gasteiger partial charge in [-0.2, -0.15) is 0 Å². The lowest BCUT2D eigenvalue weighted by Crippen LogP contribution is -1.92. The van der Waals surface area contributed by atoms with Gasteiger partial charge in [0.05, 0.1) is 0 Å². The molecule has 0 aliphatic carbocycles. The highest BCUT2D eigenvalue weighted by atomic mass is 16.5. The van der Waals surface area contributed by atoms with Crippen LogP contribution < -0.4 is 0 Å². The van der Waals surface area contributed by atoms with Gasteiger partial charge in [0.15, 0.2) is 17.3 Å². The number of ether oxygens (including phenoxy) is 1. The molecule has 4 nitrogen and oxygen atoms in total. The molecular formula is C12H10O4. The molecule has 1 aliphatic heterocycles. The van der Waals surface area contributed by atoms with Crippen molar-refractivity contribution in [3.8, 4) is 11.5 Å². The van der Waals surface area contributed by atoms with E-state index in [1.165, 1.54) is 24.3 Å². The minimum Gasteiger partial charge on any atom is -0.504 e. The molecule has 0 radical (unpaired) electrons. The number of carbonyl (C=O) groups is 1. The number of phenols is 2. The van der Waals surface area contributed by atoms with Crippen molar-refractivity contribution in [2.24, 2.45) is 0 Å². The molecule has 0 aromatic heterocycles. The lowest BCUT2D eigenvalue weighted by atomic mass is 10.1. The van der Waals surface area contributed by atoms with Gasteiger partial charge in [0.1, 0.15) is 5.76 Å². The Labute approximate surface area is 92.1 Å². The number of benzene rings is 1. The molecule has 0 saturated heterocycles. The van der Waals surface area contributed by atoms with Crippen molar-refractivity contribution in [3.63, 3.8) is 0 Å². The summed E-state index contributed by atoms with van der Waals surface area (Å²) in [6, 6.07) is 4.28. The average Bonchev–Trinajstić information content (AvgIpc) is 2.51. The minimum absolute atomic E-state index is 0.199. The predicted molar refractivity (Wildman–Crippen MR) is 57.6 cm³/mol. The first-order valence-corrected chi connectivity index (χ1v) is 4.70. The summed E-state index contributed by atoms with van der Waals surface area (Å²) in [7, 11) is 0. The molecule has 0 atom stereocenters. The zero-order valence-electron chi connectivity index (χ0n) is 8.60. The Morgan fingerprint density at radius 2 is 2.00 bits per heavy atom. The number of aromatic hydroxyl groups is 2. The first-order valence-electron chi connectivity index (χ1n) is 4.70. The molecule has 0 fully saturated rings. The Morgan fingerprint density at radius 3 is 2.56 bits per heavy atom. The number of rotatable bonds is 1. The minimum atomic E-state index is -0.232. The van der Waals surface area contributed by atoms with Crippen LogP contribution >= 0.6 is 0 Å². The maximum absolute atomic E-state index is 11.4. The molecule has 0 unspecified atom stereocenters. The smallest absolute Gasteiger partial charge is 0.224 e. The highest BCUT2D eigenvalue weighted by molar-refractivity contribution is 6.07. The van der Waals surface area contributed by atoms with Crippen molar-refractivity contribution in [1.82, 2.24) is 0 Å². The van der Waals surface area contributed by atoms with E-state index >= 15 is 0 Å². The molecule has 4 heteroatoms. The van der Waals surface area contributed by atoms with Gasteiger partial charge in [0.25, 0.3) is 0 Å². The largest absolute Gasteiger partial charge is 0.504 e. The van der Waals surface area contributed by atoms with Crippen LogP contribution in [0.25, 0.3) is 6.08 Å². The van der Waals surface area contributed by atoms with Crippen molar-refractivity contribution in [2.75, 3.05) is 0 Å². The number of hydrogen-bond acceptors (Lipinski definition) is 4. The van der Waals surface area contributed by atoms with Crippen molar-refractivity contribution in [3.05, 3.63) is 41.4 Å². The molecule has 1 aromatic rings. The lowest BCUT2D eigenvalue weighted by molar-refractivity contribution is -0.112. The summed E-state index contributed by atoms with van der Waals surface area (Å²) in [5.41, 5.74) is 0.585. The third-order valence-corrected chi connectivity index (χ3v) is 2.15. The van der Waals surface area contributed by atoms with Crippen LogP contribution in [0.2, 0.25) is 0 Å².